The average molecular weight is 372 g/mol. The van der Waals surface area contributed by atoms with Gasteiger partial charge in [0.25, 0.3) is 0 Å². The number of hydrogen-bond donors (Lipinski definition) is 1. The molecule has 7 heteroatoms. The molecule has 2 aromatic carbocycles. The van der Waals surface area contributed by atoms with Crippen molar-refractivity contribution < 1.29 is 4.79 Å². The van der Waals surface area contributed by atoms with E-state index < -0.39 is 0 Å². The second kappa shape index (κ2) is 8.30. The highest BCUT2D eigenvalue weighted by Crippen LogP contribution is 2.23. The highest BCUT2D eigenvalue weighted by atomic mass is 16.1. The maximum atomic E-state index is 12.2. The van der Waals surface area contributed by atoms with Crippen molar-refractivity contribution in [2.45, 2.75) is 19.5 Å². The van der Waals surface area contributed by atoms with E-state index in [1.54, 1.807) is 11.0 Å². The lowest BCUT2D eigenvalue weighted by Gasteiger charge is -2.06. The molecule has 7 nitrogen and oxygen atoms in total. The molecule has 4 aromatic rings. The lowest BCUT2D eigenvalue weighted by atomic mass is 10.1. The van der Waals surface area contributed by atoms with Crippen LogP contribution in [0, 0.1) is 0 Å². The predicted octanol–water partition coefficient (Wildman–Crippen LogP) is 2.84. The molecule has 1 amide bonds. The van der Waals surface area contributed by atoms with Gasteiger partial charge in [-0.15, -0.1) is 0 Å². The van der Waals surface area contributed by atoms with Crippen LogP contribution in [0.3, 0.4) is 0 Å². The molecule has 0 aliphatic rings. The van der Waals surface area contributed by atoms with Crippen molar-refractivity contribution in [3.63, 3.8) is 0 Å². The molecule has 4 rings (SSSR count). The average Bonchev–Trinajstić information content (AvgIpc) is 3.42. The smallest absolute Gasteiger partial charge is 0.222 e. The van der Waals surface area contributed by atoms with E-state index in [1.807, 2.05) is 71.5 Å². The Labute approximate surface area is 162 Å². The van der Waals surface area contributed by atoms with Crippen LogP contribution in [0.15, 0.2) is 79.5 Å². The quantitative estimate of drug-likeness (QED) is 0.541. The van der Waals surface area contributed by atoms with Gasteiger partial charge >= 0.3 is 0 Å². The maximum absolute atomic E-state index is 12.2. The highest BCUT2D eigenvalue weighted by molar-refractivity contribution is 5.76. The van der Waals surface area contributed by atoms with E-state index in [1.165, 1.54) is 6.33 Å². The fourth-order valence-electron chi connectivity index (χ4n) is 2.94. The summed E-state index contributed by atoms with van der Waals surface area (Å²) in [6.45, 7) is 0.911. The molecule has 0 unspecified atom stereocenters. The van der Waals surface area contributed by atoms with E-state index in [0.29, 0.717) is 19.5 Å². The topological polar surface area (TPSA) is 77.6 Å². The van der Waals surface area contributed by atoms with Gasteiger partial charge in [-0.3, -0.25) is 9.48 Å². The second-order valence-corrected chi connectivity index (χ2v) is 6.33. The summed E-state index contributed by atoms with van der Waals surface area (Å²) in [6.07, 6.45) is 5.37. The molecule has 1 N–H and O–H groups in total. The molecule has 0 fully saturated rings. The van der Waals surface area contributed by atoms with Gasteiger partial charge in [0.15, 0.2) is 0 Å². The Hall–Kier alpha value is -3.74. The van der Waals surface area contributed by atoms with E-state index in [9.17, 15) is 4.79 Å². The molecule has 0 saturated carbocycles. The predicted molar refractivity (Wildman–Crippen MR) is 105 cm³/mol. The minimum absolute atomic E-state index is 0.0398. The van der Waals surface area contributed by atoms with Gasteiger partial charge in [-0.2, -0.15) is 10.2 Å². The van der Waals surface area contributed by atoms with Crippen LogP contribution in [-0.4, -0.2) is 30.5 Å². The zero-order chi connectivity index (χ0) is 19.2. The summed E-state index contributed by atoms with van der Waals surface area (Å²) < 4.78 is 3.49. The monoisotopic (exact) mass is 372 g/mol. The molecule has 0 spiro atoms. The summed E-state index contributed by atoms with van der Waals surface area (Å²) in [5, 5.41) is 11.8. The number of benzene rings is 2. The third-order valence-corrected chi connectivity index (χ3v) is 4.37. The number of nitrogens with zero attached hydrogens (tertiary/aromatic N) is 5. The number of aromatic nitrogens is 5. The van der Waals surface area contributed by atoms with Gasteiger partial charge in [0.1, 0.15) is 12.7 Å². The fourth-order valence-corrected chi connectivity index (χ4v) is 2.94. The van der Waals surface area contributed by atoms with Gasteiger partial charge in [0, 0.05) is 30.3 Å². The van der Waals surface area contributed by atoms with Crippen LogP contribution in [-0.2, 0) is 17.9 Å². The van der Waals surface area contributed by atoms with Crippen molar-refractivity contribution >= 4 is 5.91 Å². The van der Waals surface area contributed by atoms with Crippen molar-refractivity contribution in [2.24, 2.45) is 0 Å². The number of carbonyl (C=O) groups is 1. The van der Waals surface area contributed by atoms with E-state index >= 15 is 0 Å². The molecular weight excluding hydrogens is 352 g/mol. The first-order valence-corrected chi connectivity index (χ1v) is 9.08. The van der Waals surface area contributed by atoms with Crippen molar-refractivity contribution in [1.82, 2.24) is 29.9 Å². The lowest BCUT2D eigenvalue weighted by molar-refractivity contribution is -0.121. The Bertz CT molecular complexity index is 1030. The summed E-state index contributed by atoms with van der Waals surface area (Å²) in [4.78, 5) is 16.1. The summed E-state index contributed by atoms with van der Waals surface area (Å²) in [7, 11) is 0. The first-order chi connectivity index (χ1) is 13.8. The van der Waals surface area contributed by atoms with Gasteiger partial charge < -0.3 is 5.32 Å². The molecule has 0 aliphatic carbocycles. The standard InChI is InChI=1S/C21H20N6O/c28-20(11-12-26-16-22-15-24-26)23-13-18-14-27(19-9-5-2-6-10-19)25-21(18)17-7-3-1-4-8-17/h1-10,14-16H,11-13H2,(H,23,28). The van der Waals surface area contributed by atoms with Crippen LogP contribution in [0.25, 0.3) is 16.9 Å². The zero-order valence-electron chi connectivity index (χ0n) is 15.3. The number of rotatable bonds is 7. The van der Waals surface area contributed by atoms with Crippen molar-refractivity contribution in [2.75, 3.05) is 0 Å². The van der Waals surface area contributed by atoms with Gasteiger partial charge in [-0.25, -0.2) is 9.67 Å². The van der Waals surface area contributed by atoms with Gasteiger partial charge in [-0.1, -0.05) is 48.5 Å². The first-order valence-electron chi connectivity index (χ1n) is 9.08. The lowest BCUT2D eigenvalue weighted by Crippen LogP contribution is -2.24. The third-order valence-electron chi connectivity index (χ3n) is 4.37. The molecule has 2 aromatic heterocycles. The van der Waals surface area contributed by atoms with Crippen LogP contribution in [0.2, 0.25) is 0 Å². The van der Waals surface area contributed by atoms with E-state index in [-0.39, 0.29) is 5.91 Å². The number of aryl methyl sites for hydroxylation is 1. The molecule has 0 saturated heterocycles. The Morgan fingerprint density at radius 2 is 1.75 bits per heavy atom. The highest BCUT2D eigenvalue weighted by Gasteiger charge is 2.13. The SMILES string of the molecule is O=C(CCn1cncn1)NCc1cn(-c2ccccc2)nc1-c1ccccc1. The fraction of sp³-hybridized carbons (Fsp3) is 0.143. The molecule has 0 radical (unpaired) electrons. The number of amides is 1. The molecule has 140 valence electrons. The van der Waals surface area contributed by atoms with E-state index in [4.69, 9.17) is 5.10 Å². The van der Waals surface area contributed by atoms with E-state index in [2.05, 4.69) is 15.4 Å². The van der Waals surface area contributed by atoms with Crippen molar-refractivity contribution in [1.29, 1.82) is 0 Å². The summed E-state index contributed by atoms with van der Waals surface area (Å²) in [5.41, 5.74) is 3.82. The molecule has 0 aliphatic heterocycles. The summed E-state index contributed by atoms with van der Waals surface area (Å²) in [5.74, 6) is -0.0398. The minimum atomic E-state index is -0.0398. The third kappa shape index (κ3) is 4.15. The first kappa shape index (κ1) is 17.7. The number of hydrogen-bond acceptors (Lipinski definition) is 4. The second-order valence-electron chi connectivity index (χ2n) is 6.33. The van der Waals surface area contributed by atoms with Crippen LogP contribution in [0.5, 0.6) is 0 Å². The number of carbonyl (C=O) groups excluding carboxylic acids is 1. The largest absolute Gasteiger partial charge is 0.352 e. The maximum Gasteiger partial charge on any atom is 0.222 e. The van der Waals surface area contributed by atoms with Crippen molar-refractivity contribution in [3.05, 3.63) is 85.1 Å². The number of nitrogens with one attached hydrogen (secondary N) is 1. The molecule has 0 bridgehead atoms. The molecular formula is C21H20N6O. The Balaban J connectivity index is 1.51. The summed E-state index contributed by atoms with van der Waals surface area (Å²) >= 11 is 0. The Morgan fingerprint density at radius 3 is 2.46 bits per heavy atom. The summed E-state index contributed by atoms with van der Waals surface area (Å²) in [6, 6.07) is 19.9. The van der Waals surface area contributed by atoms with Crippen LogP contribution in [0.1, 0.15) is 12.0 Å². The van der Waals surface area contributed by atoms with Crippen LogP contribution in [0.4, 0.5) is 0 Å². The molecule has 28 heavy (non-hydrogen) atoms. The van der Waals surface area contributed by atoms with Crippen LogP contribution >= 0.6 is 0 Å². The van der Waals surface area contributed by atoms with Crippen LogP contribution < -0.4 is 5.32 Å². The van der Waals surface area contributed by atoms with Gasteiger partial charge in [-0.05, 0) is 12.1 Å². The van der Waals surface area contributed by atoms with E-state index in [0.717, 1.165) is 22.5 Å². The van der Waals surface area contributed by atoms with Crippen molar-refractivity contribution in [3.8, 4) is 16.9 Å². The molecule has 0 atom stereocenters. The van der Waals surface area contributed by atoms with Gasteiger partial charge in [0.05, 0.1) is 17.9 Å². The minimum Gasteiger partial charge on any atom is -0.352 e. The molecule has 2 heterocycles. The Morgan fingerprint density at radius 1 is 1.00 bits per heavy atom. The normalized spacial score (nSPS) is 10.7. The number of para-hydroxylation sites is 1. The Kier molecular flexibility index (Phi) is 5.24. The van der Waals surface area contributed by atoms with Gasteiger partial charge in [0.2, 0.25) is 5.91 Å². The zero-order valence-corrected chi connectivity index (χ0v) is 15.3.